The van der Waals surface area contributed by atoms with Crippen LogP contribution in [0.4, 0.5) is 0 Å². The summed E-state index contributed by atoms with van der Waals surface area (Å²) in [6.07, 6.45) is 5.90. The Bertz CT molecular complexity index is 925. The molecule has 1 aliphatic rings. The second kappa shape index (κ2) is 5.49. The predicted molar refractivity (Wildman–Crippen MR) is 87.8 cm³/mol. The summed E-state index contributed by atoms with van der Waals surface area (Å²) in [5.74, 6) is -0.548. The zero-order valence-corrected chi connectivity index (χ0v) is 12.8. The van der Waals surface area contributed by atoms with E-state index in [0.717, 1.165) is 0 Å². The molecule has 0 radical (unpaired) electrons. The van der Waals surface area contributed by atoms with E-state index in [0.29, 0.717) is 41.4 Å². The minimum absolute atomic E-state index is 0.0738. The normalized spacial score (nSPS) is 13.8. The minimum Gasteiger partial charge on any atom is -0.507 e. The Labute approximate surface area is 138 Å². The molecule has 0 saturated heterocycles. The Hall–Kier alpha value is -3.15. The summed E-state index contributed by atoms with van der Waals surface area (Å²) in [6, 6.07) is 8.21. The molecular weight excluding hydrogens is 306 g/mol. The number of imide groups is 1. The lowest BCUT2D eigenvalue weighted by molar-refractivity contribution is 0.0607. The Morgan fingerprint density at radius 1 is 1.00 bits per heavy atom. The monoisotopic (exact) mass is 321 g/mol. The van der Waals surface area contributed by atoms with Crippen LogP contribution in [0.25, 0.3) is 10.8 Å². The van der Waals surface area contributed by atoms with Crippen molar-refractivity contribution in [2.45, 2.75) is 13.0 Å². The Kier molecular flexibility index (Phi) is 3.30. The molecule has 1 aromatic heterocycles. The lowest BCUT2D eigenvalue weighted by Crippen LogP contribution is -2.41. The van der Waals surface area contributed by atoms with Crippen LogP contribution in [-0.4, -0.2) is 37.9 Å². The first-order valence-electron chi connectivity index (χ1n) is 7.73. The van der Waals surface area contributed by atoms with Crippen molar-refractivity contribution in [2.75, 3.05) is 6.54 Å². The number of carbonyl (C=O) groups excluding carboxylic acids is 2. The number of hydrogen-bond acceptors (Lipinski definition) is 4. The van der Waals surface area contributed by atoms with Crippen molar-refractivity contribution >= 4 is 22.6 Å². The van der Waals surface area contributed by atoms with E-state index in [1.165, 1.54) is 11.0 Å². The maximum Gasteiger partial charge on any atom is 0.261 e. The third-order valence-corrected chi connectivity index (χ3v) is 4.33. The predicted octanol–water partition coefficient (Wildman–Crippen LogP) is 2.43. The van der Waals surface area contributed by atoms with Crippen LogP contribution < -0.4 is 0 Å². The maximum atomic E-state index is 12.7. The summed E-state index contributed by atoms with van der Waals surface area (Å²) < 4.78 is 1.91. The molecule has 6 nitrogen and oxygen atoms in total. The van der Waals surface area contributed by atoms with Gasteiger partial charge in [-0.2, -0.15) is 0 Å². The van der Waals surface area contributed by atoms with Crippen molar-refractivity contribution in [3.05, 3.63) is 60.2 Å². The van der Waals surface area contributed by atoms with E-state index in [1.807, 2.05) is 10.8 Å². The molecule has 2 heterocycles. The van der Waals surface area contributed by atoms with Crippen molar-refractivity contribution < 1.29 is 14.7 Å². The van der Waals surface area contributed by atoms with Crippen molar-refractivity contribution in [3.8, 4) is 5.75 Å². The molecule has 2 amide bonds. The van der Waals surface area contributed by atoms with Crippen LogP contribution >= 0.6 is 0 Å². The van der Waals surface area contributed by atoms with Gasteiger partial charge in [0.25, 0.3) is 11.8 Å². The summed E-state index contributed by atoms with van der Waals surface area (Å²) >= 11 is 0. The summed E-state index contributed by atoms with van der Waals surface area (Å²) in [6.45, 7) is 1.02. The maximum absolute atomic E-state index is 12.7. The molecule has 0 saturated carbocycles. The lowest BCUT2D eigenvalue weighted by Gasteiger charge is -2.27. The molecule has 0 atom stereocenters. The molecule has 1 N–H and O–H groups in total. The van der Waals surface area contributed by atoms with Gasteiger partial charge in [0.2, 0.25) is 0 Å². The van der Waals surface area contributed by atoms with E-state index < -0.39 is 0 Å². The highest BCUT2D eigenvalue weighted by Crippen LogP contribution is 2.34. The molecule has 120 valence electrons. The molecule has 6 heteroatoms. The van der Waals surface area contributed by atoms with Crippen molar-refractivity contribution in [2.24, 2.45) is 0 Å². The molecule has 0 bridgehead atoms. The molecule has 2 aromatic carbocycles. The van der Waals surface area contributed by atoms with E-state index in [2.05, 4.69) is 4.98 Å². The average molecular weight is 321 g/mol. The van der Waals surface area contributed by atoms with Gasteiger partial charge >= 0.3 is 0 Å². The number of aromatic hydroxyl groups is 1. The largest absolute Gasteiger partial charge is 0.507 e. The molecule has 0 spiro atoms. The fourth-order valence-corrected chi connectivity index (χ4v) is 3.16. The minimum atomic E-state index is -0.311. The number of aromatic nitrogens is 2. The number of carbonyl (C=O) groups is 2. The standard InChI is InChI=1S/C18H15N3O3/c22-15-6-5-14-16-12(15)3-1-4-13(16)17(23)21(18(14)24)9-2-8-20-10-7-19-11-20/h1,3-7,10-11,22H,2,8-9H2. The van der Waals surface area contributed by atoms with Crippen LogP contribution in [0.15, 0.2) is 49.1 Å². The number of aryl methyl sites for hydroxylation is 1. The van der Waals surface area contributed by atoms with Gasteiger partial charge in [0.05, 0.1) is 6.33 Å². The highest BCUT2D eigenvalue weighted by Gasteiger charge is 2.32. The van der Waals surface area contributed by atoms with Gasteiger partial charge in [-0.3, -0.25) is 14.5 Å². The molecule has 0 fully saturated rings. The summed E-state index contributed by atoms with van der Waals surface area (Å²) in [5, 5.41) is 11.1. The molecule has 4 rings (SSSR count). The molecule has 3 aromatic rings. The van der Waals surface area contributed by atoms with Gasteiger partial charge in [0.1, 0.15) is 5.75 Å². The number of phenols is 1. The molecule has 0 aliphatic carbocycles. The summed E-state index contributed by atoms with van der Waals surface area (Å²) in [5.41, 5.74) is 0.918. The zero-order valence-electron chi connectivity index (χ0n) is 12.8. The third kappa shape index (κ3) is 2.15. The van der Waals surface area contributed by atoms with E-state index in [-0.39, 0.29) is 17.6 Å². The van der Waals surface area contributed by atoms with Gasteiger partial charge in [0.15, 0.2) is 0 Å². The van der Waals surface area contributed by atoms with Gasteiger partial charge in [-0.1, -0.05) is 12.1 Å². The number of nitrogens with zero attached hydrogens (tertiary/aromatic N) is 3. The van der Waals surface area contributed by atoms with Crippen LogP contribution in [0.3, 0.4) is 0 Å². The number of benzene rings is 2. The average Bonchev–Trinajstić information content (AvgIpc) is 3.10. The van der Waals surface area contributed by atoms with Crippen LogP contribution in [0.2, 0.25) is 0 Å². The fraction of sp³-hybridized carbons (Fsp3) is 0.167. The highest BCUT2D eigenvalue weighted by atomic mass is 16.3. The quantitative estimate of drug-likeness (QED) is 0.749. The van der Waals surface area contributed by atoms with Crippen molar-refractivity contribution in [3.63, 3.8) is 0 Å². The van der Waals surface area contributed by atoms with Crippen molar-refractivity contribution in [1.82, 2.24) is 14.5 Å². The first-order valence-corrected chi connectivity index (χ1v) is 7.73. The van der Waals surface area contributed by atoms with Crippen LogP contribution in [-0.2, 0) is 6.54 Å². The van der Waals surface area contributed by atoms with E-state index in [1.54, 1.807) is 36.8 Å². The highest BCUT2D eigenvalue weighted by molar-refractivity contribution is 6.26. The number of amides is 2. The van der Waals surface area contributed by atoms with Crippen molar-refractivity contribution in [1.29, 1.82) is 0 Å². The number of rotatable bonds is 4. The zero-order chi connectivity index (χ0) is 16.7. The number of hydrogen-bond donors (Lipinski definition) is 1. The van der Waals surface area contributed by atoms with E-state index in [4.69, 9.17) is 0 Å². The first kappa shape index (κ1) is 14.4. The molecule has 0 unspecified atom stereocenters. The summed E-state index contributed by atoms with van der Waals surface area (Å²) in [7, 11) is 0. The van der Waals surface area contributed by atoms with Gasteiger partial charge in [-0.05, 0) is 24.6 Å². The van der Waals surface area contributed by atoms with Gasteiger partial charge < -0.3 is 9.67 Å². The Balaban J connectivity index is 1.66. The number of imidazole rings is 1. The van der Waals surface area contributed by atoms with E-state index in [9.17, 15) is 14.7 Å². The van der Waals surface area contributed by atoms with Crippen LogP contribution in [0, 0.1) is 0 Å². The molecular formula is C18H15N3O3. The van der Waals surface area contributed by atoms with Gasteiger partial charge in [-0.15, -0.1) is 0 Å². The Morgan fingerprint density at radius 2 is 1.79 bits per heavy atom. The smallest absolute Gasteiger partial charge is 0.261 e. The fourth-order valence-electron chi connectivity index (χ4n) is 3.16. The van der Waals surface area contributed by atoms with Crippen LogP contribution in [0.5, 0.6) is 5.75 Å². The van der Waals surface area contributed by atoms with Gasteiger partial charge in [-0.25, -0.2) is 4.98 Å². The van der Waals surface area contributed by atoms with E-state index >= 15 is 0 Å². The second-order valence-electron chi connectivity index (χ2n) is 5.78. The number of phenolic OH excluding ortho intramolecular Hbond substituents is 1. The Morgan fingerprint density at radius 3 is 2.54 bits per heavy atom. The van der Waals surface area contributed by atoms with Crippen LogP contribution in [0.1, 0.15) is 27.1 Å². The second-order valence-corrected chi connectivity index (χ2v) is 5.78. The molecule has 24 heavy (non-hydrogen) atoms. The third-order valence-electron chi connectivity index (χ3n) is 4.33. The topological polar surface area (TPSA) is 75.4 Å². The first-order chi connectivity index (χ1) is 11.7. The van der Waals surface area contributed by atoms with Gasteiger partial charge in [0, 0.05) is 47.4 Å². The molecule has 1 aliphatic heterocycles. The SMILES string of the molecule is O=C1c2cccc3c(O)ccc(c23)C(=O)N1CCCn1ccnc1. The summed E-state index contributed by atoms with van der Waals surface area (Å²) in [4.78, 5) is 30.7. The lowest BCUT2D eigenvalue weighted by atomic mass is 9.93.